The van der Waals surface area contributed by atoms with Gasteiger partial charge in [-0.05, 0) is 91.2 Å². The Morgan fingerprint density at radius 2 is 1.60 bits per heavy atom. The largest absolute Gasteiger partial charge is 0.444 e. The molecule has 19 heteroatoms. The van der Waals surface area contributed by atoms with Gasteiger partial charge in [0.2, 0.25) is 11.8 Å². The number of nitrogens with one attached hydrogen (secondary N) is 5. The number of anilines is 3. The summed E-state index contributed by atoms with van der Waals surface area (Å²) in [4.78, 5) is 90.0. The normalized spacial score (nSPS) is 16.5. The number of carbonyl (C=O) groups is 6. The number of primary amides is 1. The molecule has 8 rings (SSSR count). The molecule has 1 aromatic heterocycles. The smallest absolute Gasteiger partial charge is 0.415 e. The molecule has 4 aromatic carbocycles. The lowest BCUT2D eigenvalue weighted by molar-refractivity contribution is -0.128. The van der Waals surface area contributed by atoms with Crippen LogP contribution in [-0.2, 0) is 27.4 Å². The summed E-state index contributed by atoms with van der Waals surface area (Å²) in [5.41, 5.74) is 10.9. The Labute approximate surface area is 415 Å². The molecule has 18 nitrogen and oxygen atoms in total. The number of fused-ring (bicyclic) bond motifs is 6. The number of amides is 7. The summed E-state index contributed by atoms with van der Waals surface area (Å²) in [6.07, 6.45) is 0.299. The molecule has 370 valence electrons. The first kappa shape index (κ1) is 49.7. The van der Waals surface area contributed by atoms with E-state index in [1.165, 1.54) is 0 Å². The van der Waals surface area contributed by atoms with Crippen LogP contribution in [0.15, 0.2) is 72.8 Å². The molecular formula is C51H61BrN10O8. The predicted octanol–water partition coefficient (Wildman–Crippen LogP) is 6.41. The minimum atomic E-state index is -0.874. The maximum absolute atomic E-state index is 14.6. The number of likely N-dealkylation sites (N-methyl/N-ethyl adjacent to an activating group) is 2. The van der Waals surface area contributed by atoms with E-state index in [-0.39, 0.29) is 43.2 Å². The van der Waals surface area contributed by atoms with Gasteiger partial charge in [0, 0.05) is 85.1 Å². The first-order valence-electron chi connectivity index (χ1n) is 23.9. The fraction of sp³-hybridized carbons (Fsp3) is 0.412. The van der Waals surface area contributed by atoms with E-state index in [9.17, 15) is 28.8 Å². The average molecular weight is 1020 g/mol. The Morgan fingerprint density at radius 3 is 2.30 bits per heavy atom. The van der Waals surface area contributed by atoms with Crippen molar-refractivity contribution in [1.82, 2.24) is 30.7 Å². The van der Waals surface area contributed by atoms with Crippen molar-refractivity contribution in [3.05, 3.63) is 95.2 Å². The van der Waals surface area contributed by atoms with Gasteiger partial charge in [-0.2, -0.15) is 0 Å². The molecule has 1 saturated heterocycles. The van der Waals surface area contributed by atoms with Crippen molar-refractivity contribution >= 4 is 90.6 Å². The molecule has 0 bridgehead atoms. The van der Waals surface area contributed by atoms with Crippen molar-refractivity contribution in [3.63, 3.8) is 0 Å². The molecule has 3 atom stereocenters. The third kappa shape index (κ3) is 10.9. The minimum absolute atomic E-state index is 0.00170. The Bertz CT molecular complexity index is 2770. The van der Waals surface area contributed by atoms with E-state index in [1.54, 1.807) is 39.0 Å². The number of benzene rings is 4. The summed E-state index contributed by atoms with van der Waals surface area (Å²) >= 11 is 3.70. The van der Waals surface area contributed by atoms with Crippen LogP contribution in [0.4, 0.5) is 31.4 Å². The first-order chi connectivity index (χ1) is 33.7. The molecule has 5 aromatic rings. The van der Waals surface area contributed by atoms with Gasteiger partial charge < -0.3 is 56.2 Å². The van der Waals surface area contributed by atoms with Crippen LogP contribution >= 0.6 is 15.9 Å². The number of aromatic amines is 1. The van der Waals surface area contributed by atoms with Crippen molar-refractivity contribution in [2.24, 2.45) is 11.7 Å². The quantitative estimate of drug-likeness (QED) is 0.0471. The Morgan fingerprint density at radius 1 is 0.857 bits per heavy atom. The lowest BCUT2D eigenvalue weighted by atomic mass is 9.95. The summed E-state index contributed by atoms with van der Waals surface area (Å²) in [5.74, 6) is -0.539. The van der Waals surface area contributed by atoms with Gasteiger partial charge in [0.25, 0.3) is 5.91 Å². The maximum Gasteiger partial charge on any atom is 0.415 e. The van der Waals surface area contributed by atoms with Gasteiger partial charge in [0.15, 0.2) is 0 Å². The highest BCUT2D eigenvalue weighted by atomic mass is 79.9. The van der Waals surface area contributed by atoms with Crippen LogP contribution in [0, 0.1) is 5.92 Å². The van der Waals surface area contributed by atoms with Crippen LogP contribution in [0.2, 0.25) is 0 Å². The average Bonchev–Trinajstić information content (AvgIpc) is 4.09. The van der Waals surface area contributed by atoms with E-state index in [1.807, 2.05) is 76.3 Å². The first-order valence-corrected chi connectivity index (χ1v) is 25.0. The third-order valence-corrected chi connectivity index (χ3v) is 14.1. The zero-order valence-electron chi connectivity index (χ0n) is 39.9. The predicted molar refractivity (Wildman–Crippen MR) is 273 cm³/mol. The highest BCUT2D eigenvalue weighted by Crippen LogP contribution is 2.46. The summed E-state index contributed by atoms with van der Waals surface area (Å²) in [6, 6.07) is 20.1. The van der Waals surface area contributed by atoms with Crippen molar-refractivity contribution in [3.8, 4) is 5.75 Å². The molecule has 0 spiro atoms. The van der Waals surface area contributed by atoms with E-state index in [0.717, 1.165) is 45.9 Å². The maximum atomic E-state index is 14.6. The number of hydrogen-bond acceptors (Lipinski definition) is 10. The van der Waals surface area contributed by atoms with E-state index < -0.39 is 36.2 Å². The lowest BCUT2D eigenvalue weighted by Crippen LogP contribution is -2.53. The Hall–Kier alpha value is -6.70. The number of nitrogens with two attached hydrogens (primary N) is 1. The van der Waals surface area contributed by atoms with E-state index >= 15 is 0 Å². The monoisotopic (exact) mass is 1020 g/mol. The highest BCUT2D eigenvalue weighted by molar-refractivity contribution is 9.09. The van der Waals surface area contributed by atoms with Gasteiger partial charge in [-0.3, -0.25) is 19.3 Å². The fourth-order valence-electron chi connectivity index (χ4n) is 9.56. The van der Waals surface area contributed by atoms with Crippen LogP contribution in [0.1, 0.15) is 66.7 Å². The molecule has 7 amide bonds. The van der Waals surface area contributed by atoms with Gasteiger partial charge >= 0.3 is 18.2 Å². The number of alkyl halides is 1. The Balaban J connectivity index is 0.923. The molecule has 70 heavy (non-hydrogen) atoms. The molecule has 0 unspecified atom stereocenters. The number of halogens is 1. The summed E-state index contributed by atoms with van der Waals surface area (Å²) in [6.45, 7) is 10.1. The van der Waals surface area contributed by atoms with Crippen LogP contribution in [-0.4, -0.2) is 128 Å². The number of piperazine rings is 1. The molecular weight excluding hydrogens is 961 g/mol. The number of rotatable bonds is 16. The molecule has 0 aliphatic carbocycles. The van der Waals surface area contributed by atoms with Gasteiger partial charge in [-0.1, -0.05) is 73.1 Å². The van der Waals surface area contributed by atoms with E-state index in [4.69, 9.17) is 15.2 Å². The summed E-state index contributed by atoms with van der Waals surface area (Å²) < 4.78 is 11.9. The molecule has 4 heterocycles. The van der Waals surface area contributed by atoms with Gasteiger partial charge in [-0.25, -0.2) is 14.4 Å². The number of nitrogens with zero attached hydrogens (tertiary/aromatic N) is 4. The van der Waals surface area contributed by atoms with Crippen LogP contribution < -0.4 is 41.5 Å². The second-order valence-electron chi connectivity index (χ2n) is 18.4. The molecule has 3 aliphatic heterocycles. The summed E-state index contributed by atoms with van der Waals surface area (Å²) in [7, 11) is 2.03. The van der Waals surface area contributed by atoms with Crippen molar-refractivity contribution in [2.75, 3.05) is 79.9 Å². The van der Waals surface area contributed by atoms with Crippen molar-refractivity contribution < 1.29 is 38.2 Å². The Kier molecular flexibility index (Phi) is 15.6. The number of aromatic nitrogens is 1. The molecule has 0 saturated carbocycles. The zero-order chi connectivity index (χ0) is 49.6. The van der Waals surface area contributed by atoms with Crippen molar-refractivity contribution in [2.45, 2.75) is 64.6 Å². The van der Waals surface area contributed by atoms with E-state index in [2.05, 4.69) is 47.1 Å². The minimum Gasteiger partial charge on any atom is -0.444 e. The van der Waals surface area contributed by atoms with Crippen LogP contribution in [0.25, 0.3) is 21.7 Å². The topological polar surface area (TPSA) is 224 Å². The highest BCUT2D eigenvalue weighted by Gasteiger charge is 2.37. The number of urea groups is 1. The standard InChI is InChI=1S/C51H61BrN10O8/c1-5-54-45(30(2)3)47(64)58-39(11-8-19-55-49(53)66)46(63)56-33-14-12-31(13-15-33)29-69-51(68)61-20-18-34-37-25-40(57-38(37)16-17-41(34)61)48(65)62-28-32(27-52)44-36-10-7-6-9-35(36)43(26-42(44)62)70-50(67)60-23-21-59(4)22-24-60/h6-7,9-10,12-17,25-26,30,32,39,45,54,57H,5,8,11,18-24,27-29H2,1-4H3,(H,56,63)(H,58,64)(H3,53,55,66)/t32-,39+,45+/m1/s1. The van der Waals surface area contributed by atoms with E-state index in [0.29, 0.717) is 85.0 Å². The van der Waals surface area contributed by atoms with Crippen LogP contribution in [0.5, 0.6) is 5.75 Å². The van der Waals surface area contributed by atoms with Crippen molar-refractivity contribution in [1.29, 1.82) is 0 Å². The second-order valence-corrected chi connectivity index (χ2v) is 19.0. The summed E-state index contributed by atoms with van der Waals surface area (Å²) in [5, 5.41) is 14.6. The van der Waals surface area contributed by atoms with Gasteiger partial charge in [-0.15, -0.1) is 0 Å². The number of carbonyl (C=O) groups excluding carboxylic acids is 6. The number of H-pyrrole nitrogens is 1. The molecule has 3 aliphatic rings. The molecule has 1 fully saturated rings. The zero-order valence-corrected chi connectivity index (χ0v) is 41.5. The number of ether oxygens (including phenoxy) is 2. The fourth-order valence-corrected chi connectivity index (χ4v) is 10.1. The SMILES string of the molecule is CCN[C@H](C(=O)N[C@@H](CCCNC(N)=O)C(=O)Nc1ccc(COC(=O)N2CCc3c2ccc2[nH]c(C(=O)N4C[C@@H](CBr)c5c4cc(OC(=O)N4CCN(C)CC4)c4ccccc54)cc32)cc1)C(C)C. The molecule has 7 N–H and O–H groups in total. The van der Waals surface area contributed by atoms with Gasteiger partial charge in [0.05, 0.1) is 17.4 Å². The van der Waals surface area contributed by atoms with Crippen LogP contribution in [0.3, 0.4) is 0 Å². The second kappa shape index (κ2) is 21.9. The number of hydrogen-bond donors (Lipinski definition) is 6. The third-order valence-electron chi connectivity index (χ3n) is 13.3. The lowest BCUT2D eigenvalue weighted by Gasteiger charge is -2.31. The van der Waals surface area contributed by atoms with Gasteiger partial charge in [0.1, 0.15) is 24.1 Å². The molecule has 0 radical (unpaired) electrons.